The van der Waals surface area contributed by atoms with Crippen molar-refractivity contribution in [3.8, 4) is 17.0 Å². The van der Waals surface area contributed by atoms with Gasteiger partial charge in [-0.3, -0.25) is 9.69 Å². The highest BCUT2D eigenvalue weighted by Gasteiger charge is 2.36. The number of amides is 1. The number of nitrogens with zero attached hydrogens (tertiary/aromatic N) is 5. The molecule has 7 nitrogen and oxygen atoms in total. The average molecular weight is 510 g/mol. The Morgan fingerprint density at radius 2 is 1.70 bits per heavy atom. The minimum Gasteiger partial charge on any atom is -0.497 e. The largest absolute Gasteiger partial charge is 0.497 e. The monoisotopic (exact) mass is 509 g/mol. The molecular weight excluding hydrogens is 483 g/mol. The molecule has 0 atom stereocenters. The summed E-state index contributed by atoms with van der Waals surface area (Å²) in [6, 6.07) is 17.0. The first kappa shape index (κ1) is 24.8. The fraction of sp³-hybridized carbons (Fsp3) is 0.296. The number of methoxy groups -OCH3 is 1. The van der Waals surface area contributed by atoms with Gasteiger partial charge < -0.3 is 9.64 Å². The van der Waals surface area contributed by atoms with Crippen LogP contribution >= 0.6 is 0 Å². The van der Waals surface area contributed by atoms with Crippen molar-refractivity contribution in [2.75, 3.05) is 33.3 Å². The Kier molecular flexibility index (Phi) is 6.59. The van der Waals surface area contributed by atoms with E-state index in [0.717, 1.165) is 12.6 Å². The molecule has 2 aromatic heterocycles. The molecule has 0 saturated carbocycles. The van der Waals surface area contributed by atoms with E-state index in [2.05, 4.69) is 34.0 Å². The molecule has 0 radical (unpaired) electrons. The van der Waals surface area contributed by atoms with Gasteiger partial charge in [0.1, 0.15) is 5.75 Å². The molecule has 0 spiro atoms. The molecule has 5 rings (SSSR count). The van der Waals surface area contributed by atoms with E-state index in [1.54, 1.807) is 29.2 Å². The maximum absolute atomic E-state index is 13.9. The summed E-state index contributed by atoms with van der Waals surface area (Å²) >= 11 is 0. The minimum absolute atomic E-state index is 0.0396. The van der Waals surface area contributed by atoms with Crippen LogP contribution in [0.4, 0.5) is 13.2 Å². The Morgan fingerprint density at radius 3 is 2.35 bits per heavy atom. The van der Waals surface area contributed by atoms with E-state index in [1.165, 1.54) is 24.3 Å². The summed E-state index contributed by atoms with van der Waals surface area (Å²) < 4.78 is 47.6. The number of halogens is 3. The van der Waals surface area contributed by atoms with Crippen LogP contribution in [-0.2, 0) is 12.7 Å². The van der Waals surface area contributed by atoms with E-state index in [-0.39, 0.29) is 17.0 Å². The highest BCUT2D eigenvalue weighted by molar-refractivity contribution is 5.93. The van der Waals surface area contributed by atoms with Crippen LogP contribution in [0.15, 0.2) is 60.7 Å². The van der Waals surface area contributed by atoms with Crippen molar-refractivity contribution in [2.45, 2.75) is 19.6 Å². The summed E-state index contributed by atoms with van der Waals surface area (Å²) in [6.07, 6.45) is -4.68. The second-order valence-corrected chi connectivity index (χ2v) is 9.05. The van der Waals surface area contributed by atoms with Crippen molar-refractivity contribution >= 4 is 11.6 Å². The number of rotatable bonds is 5. The third-order valence-electron chi connectivity index (χ3n) is 6.64. The van der Waals surface area contributed by atoms with Crippen LogP contribution < -0.4 is 4.74 Å². The summed E-state index contributed by atoms with van der Waals surface area (Å²) in [5.74, 6) is 0.178. The maximum Gasteiger partial charge on any atom is 0.433 e. The van der Waals surface area contributed by atoms with Crippen LogP contribution in [0.2, 0.25) is 0 Å². The normalized spacial score (nSPS) is 14.8. The van der Waals surface area contributed by atoms with Crippen LogP contribution in [0.5, 0.6) is 5.75 Å². The van der Waals surface area contributed by atoms with Crippen molar-refractivity contribution in [2.24, 2.45) is 0 Å². The Bertz CT molecular complexity index is 1420. The Balaban J connectivity index is 1.37. The third-order valence-corrected chi connectivity index (χ3v) is 6.64. The number of hydrogen-bond acceptors (Lipinski definition) is 5. The molecule has 1 aliphatic heterocycles. The standard InChI is InChI=1S/C27H26F3N5O2/c1-18-5-3-4-6-20(18)17-33-11-13-34(14-12-33)26(36)23-16-25-31-22(19-7-9-21(37-2)10-8-19)15-24(27(28,29)30)35(25)32-23/h3-10,15-16H,11-14,17H2,1-2H3. The van der Waals surface area contributed by atoms with Gasteiger partial charge in [-0.15, -0.1) is 0 Å². The van der Waals surface area contributed by atoms with Crippen LogP contribution in [-0.4, -0.2) is 63.6 Å². The molecule has 1 aliphatic rings. The highest BCUT2D eigenvalue weighted by atomic mass is 19.4. The van der Waals surface area contributed by atoms with E-state index in [1.807, 2.05) is 12.1 Å². The number of carbonyl (C=O) groups excluding carboxylic acids is 1. The number of aryl methyl sites for hydroxylation is 1. The van der Waals surface area contributed by atoms with Crippen molar-refractivity contribution in [3.05, 3.63) is 83.2 Å². The van der Waals surface area contributed by atoms with Gasteiger partial charge in [0.05, 0.1) is 12.8 Å². The van der Waals surface area contributed by atoms with Gasteiger partial charge in [-0.2, -0.15) is 18.3 Å². The lowest BCUT2D eigenvalue weighted by Crippen LogP contribution is -2.48. The lowest BCUT2D eigenvalue weighted by atomic mass is 10.1. The zero-order chi connectivity index (χ0) is 26.2. The third kappa shape index (κ3) is 5.15. The quantitative estimate of drug-likeness (QED) is 0.391. The number of fused-ring (bicyclic) bond motifs is 1. The molecule has 4 aromatic rings. The molecule has 2 aromatic carbocycles. The van der Waals surface area contributed by atoms with Crippen molar-refractivity contribution in [1.82, 2.24) is 24.4 Å². The summed E-state index contributed by atoms with van der Waals surface area (Å²) in [5.41, 5.74) is 1.98. The SMILES string of the molecule is COc1ccc(-c2cc(C(F)(F)F)n3nc(C(=O)N4CCN(Cc5ccccc5C)CC4)cc3n2)cc1. The predicted molar refractivity (Wildman–Crippen MR) is 132 cm³/mol. The zero-order valence-corrected chi connectivity index (χ0v) is 20.5. The first-order chi connectivity index (χ1) is 17.7. The molecule has 3 heterocycles. The summed E-state index contributed by atoms with van der Waals surface area (Å²) in [6.45, 7) is 5.13. The molecule has 0 N–H and O–H groups in total. The van der Waals surface area contributed by atoms with Crippen LogP contribution in [0.3, 0.4) is 0 Å². The Morgan fingerprint density at radius 1 is 1.00 bits per heavy atom. The van der Waals surface area contributed by atoms with Gasteiger partial charge in [-0.1, -0.05) is 24.3 Å². The fourth-order valence-electron chi connectivity index (χ4n) is 4.49. The van der Waals surface area contributed by atoms with E-state index in [4.69, 9.17) is 4.74 Å². The lowest BCUT2D eigenvalue weighted by Gasteiger charge is -2.34. The number of benzene rings is 2. The molecule has 0 aliphatic carbocycles. The van der Waals surface area contributed by atoms with Gasteiger partial charge in [-0.25, -0.2) is 9.50 Å². The lowest BCUT2D eigenvalue weighted by molar-refractivity contribution is -0.142. The van der Waals surface area contributed by atoms with Crippen molar-refractivity contribution in [3.63, 3.8) is 0 Å². The van der Waals surface area contributed by atoms with Crippen LogP contribution in [0.1, 0.15) is 27.3 Å². The van der Waals surface area contributed by atoms with Crippen molar-refractivity contribution < 1.29 is 22.7 Å². The highest BCUT2D eigenvalue weighted by Crippen LogP contribution is 2.33. The van der Waals surface area contributed by atoms with E-state index in [9.17, 15) is 18.0 Å². The molecule has 1 saturated heterocycles. The molecule has 192 valence electrons. The summed E-state index contributed by atoms with van der Waals surface area (Å²) in [5, 5.41) is 4.02. The zero-order valence-electron chi connectivity index (χ0n) is 20.5. The fourth-order valence-corrected chi connectivity index (χ4v) is 4.49. The van der Waals surface area contributed by atoms with Gasteiger partial charge >= 0.3 is 6.18 Å². The summed E-state index contributed by atoms with van der Waals surface area (Å²) in [7, 11) is 1.51. The van der Waals surface area contributed by atoms with Crippen LogP contribution in [0.25, 0.3) is 16.9 Å². The molecule has 37 heavy (non-hydrogen) atoms. The molecule has 1 fully saturated rings. The van der Waals surface area contributed by atoms with E-state index < -0.39 is 17.8 Å². The number of piperazine rings is 1. The maximum atomic E-state index is 13.9. The van der Waals surface area contributed by atoms with Gasteiger partial charge in [0.25, 0.3) is 5.91 Å². The van der Waals surface area contributed by atoms with Gasteiger partial charge in [0, 0.05) is 44.4 Å². The van der Waals surface area contributed by atoms with Crippen LogP contribution in [0, 0.1) is 6.92 Å². The number of hydrogen-bond donors (Lipinski definition) is 0. The summed E-state index contributed by atoms with van der Waals surface area (Å²) in [4.78, 5) is 21.5. The average Bonchev–Trinajstić information content (AvgIpc) is 3.33. The van der Waals surface area contributed by atoms with Gasteiger partial charge in [0.15, 0.2) is 17.0 Å². The van der Waals surface area contributed by atoms with Gasteiger partial charge in [0.2, 0.25) is 0 Å². The molecular formula is C27H26F3N5O2. The predicted octanol–water partition coefficient (Wildman–Crippen LogP) is 4.69. The molecule has 1 amide bonds. The number of aromatic nitrogens is 3. The van der Waals surface area contributed by atoms with E-state index >= 15 is 0 Å². The Labute approximate surface area is 212 Å². The first-order valence-electron chi connectivity index (χ1n) is 11.9. The first-order valence-corrected chi connectivity index (χ1v) is 11.9. The number of carbonyl (C=O) groups is 1. The van der Waals surface area contributed by atoms with Crippen molar-refractivity contribution in [1.29, 1.82) is 0 Å². The molecule has 0 unspecified atom stereocenters. The second kappa shape index (κ2) is 9.85. The smallest absolute Gasteiger partial charge is 0.433 e. The molecule has 0 bridgehead atoms. The van der Waals surface area contributed by atoms with E-state index in [0.29, 0.717) is 42.0 Å². The Hall–Kier alpha value is -3.92. The topological polar surface area (TPSA) is 63.0 Å². The van der Waals surface area contributed by atoms with Gasteiger partial charge in [-0.05, 0) is 48.4 Å². The molecule has 10 heteroatoms. The number of alkyl halides is 3. The minimum atomic E-state index is -4.68. The second-order valence-electron chi connectivity index (χ2n) is 9.05. The number of ether oxygens (including phenoxy) is 1.